The largest absolute Gasteiger partial charge is 0.507 e. The van der Waals surface area contributed by atoms with Crippen molar-refractivity contribution in [1.29, 1.82) is 0 Å². The van der Waals surface area contributed by atoms with Crippen LogP contribution >= 0.6 is 0 Å². The number of aryl methyl sites for hydroxylation is 1. The van der Waals surface area contributed by atoms with Crippen LogP contribution in [0.25, 0.3) is 11.3 Å². The number of nitrogens with zero attached hydrogens (tertiary/aromatic N) is 2. The van der Waals surface area contributed by atoms with Crippen LogP contribution in [0.4, 0.5) is 4.39 Å². The zero-order valence-corrected chi connectivity index (χ0v) is 17.9. The smallest absolute Gasteiger partial charge is 0.273 e. The predicted molar refractivity (Wildman–Crippen MR) is 115 cm³/mol. The SMILES string of the molecule is Cc1ccc(O)c(-c2n[nH]c3c2[C@H](c2ccccc2F)N(CCCOC(C)C)C3=O)c1. The first-order valence-corrected chi connectivity index (χ1v) is 10.4. The fourth-order valence-electron chi connectivity index (χ4n) is 4.05. The van der Waals surface area contributed by atoms with Gasteiger partial charge in [-0.05, 0) is 45.4 Å². The quantitative estimate of drug-likeness (QED) is 0.545. The Morgan fingerprint density at radius 2 is 2.03 bits per heavy atom. The summed E-state index contributed by atoms with van der Waals surface area (Å²) in [6.07, 6.45) is 0.724. The topological polar surface area (TPSA) is 78.5 Å². The van der Waals surface area contributed by atoms with Gasteiger partial charge < -0.3 is 14.7 Å². The molecule has 0 unspecified atom stereocenters. The van der Waals surface area contributed by atoms with Crippen LogP contribution in [0, 0.1) is 12.7 Å². The molecule has 31 heavy (non-hydrogen) atoms. The van der Waals surface area contributed by atoms with E-state index in [0.29, 0.717) is 47.7 Å². The van der Waals surface area contributed by atoms with Gasteiger partial charge in [0.15, 0.2) is 0 Å². The summed E-state index contributed by atoms with van der Waals surface area (Å²) in [5.41, 5.74) is 3.22. The van der Waals surface area contributed by atoms with E-state index in [2.05, 4.69) is 10.2 Å². The Kier molecular flexibility index (Phi) is 5.78. The molecule has 1 amide bonds. The van der Waals surface area contributed by atoms with Gasteiger partial charge in [0.1, 0.15) is 23.0 Å². The van der Waals surface area contributed by atoms with Crippen molar-refractivity contribution in [3.8, 4) is 17.0 Å². The number of hydrogen-bond acceptors (Lipinski definition) is 4. The maximum absolute atomic E-state index is 14.9. The minimum absolute atomic E-state index is 0.0587. The molecule has 0 bridgehead atoms. The molecule has 3 aromatic rings. The number of carbonyl (C=O) groups excluding carboxylic acids is 1. The van der Waals surface area contributed by atoms with Crippen LogP contribution in [0.2, 0.25) is 0 Å². The van der Waals surface area contributed by atoms with Crippen LogP contribution < -0.4 is 0 Å². The molecule has 1 aromatic heterocycles. The van der Waals surface area contributed by atoms with Gasteiger partial charge in [0, 0.05) is 29.8 Å². The number of aromatic amines is 1. The number of amides is 1. The van der Waals surface area contributed by atoms with Crippen LogP contribution in [0.1, 0.15) is 53.5 Å². The number of fused-ring (bicyclic) bond motifs is 1. The van der Waals surface area contributed by atoms with Crippen LogP contribution in [-0.2, 0) is 4.74 Å². The summed E-state index contributed by atoms with van der Waals surface area (Å²) in [6.45, 7) is 6.74. The molecule has 162 valence electrons. The van der Waals surface area contributed by atoms with E-state index in [1.807, 2.05) is 26.8 Å². The van der Waals surface area contributed by atoms with Crippen LogP contribution in [0.15, 0.2) is 42.5 Å². The van der Waals surface area contributed by atoms with Crippen molar-refractivity contribution in [1.82, 2.24) is 15.1 Å². The number of benzene rings is 2. The van der Waals surface area contributed by atoms with Crippen molar-refractivity contribution in [3.05, 3.63) is 70.7 Å². The van der Waals surface area contributed by atoms with E-state index in [4.69, 9.17) is 4.74 Å². The third-order valence-corrected chi connectivity index (χ3v) is 5.47. The van der Waals surface area contributed by atoms with E-state index in [0.717, 1.165) is 5.56 Å². The lowest BCUT2D eigenvalue weighted by Gasteiger charge is -2.27. The fraction of sp³-hybridized carbons (Fsp3) is 0.333. The van der Waals surface area contributed by atoms with Crippen molar-refractivity contribution < 1.29 is 19.0 Å². The highest BCUT2D eigenvalue weighted by molar-refractivity contribution is 6.00. The molecular weight excluding hydrogens is 397 g/mol. The number of carbonyl (C=O) groups is 1. The first-order valence-electron chi connectivity index (χ1n) is 10.4. The number of halogens is 1. The van der Waals surface area contributed by atoms with Gasteiger partial charge in [-0.15, -0.1) is 0 Å². The van der Waals surface area contributed by atoms with Gasteiger partial charge in [-0.2, -0.15) is 5.10 Å². The molecular formula is C24H26FN3O3. The lowest BCUT2D eigenvalue weighted by Crippen LogP contribution is -2.31. The molecule has 0 saturated carbocycles. The highest BCUT2D eigenvalue weighted by Gasteiger charge is 2.43. The molecule has 2 N–H and O–H groups in total. The molecule has 4 rings (SSSR count). The Morgan fingerprint density at radius 3 is 2.77 bits per heavy atom. The molecule has 2 heterocycles. The monoisotopic (exact) mass is 423 g/mol. The van der Waals surface area contributed by atoms with Gasteiger partial charge in [0.25, 0.3) is 5.91 Å². The summed E-state index contributed by atoms with van der Waals surface area (Å²) in [5.74, 6) is -0.570. The number of phenolic OH excluding ortho intramolecular Hbond substituents is 1. The molecule has 7 heteroatoms. The van der Waals surface area contributed by atoms with Gasteiger partial charge >= 0.3 is 0 Å². The van der Waals surface area contributed by atoms with Crippen molar-refractivity contribution in [2.24, 2.45) is 0 Å². The summed E-state index contributed by atoms with van der Waals surface area (Å²) in [4.78, 5) is 14.9. The molecule has 0 aliphatic carbocycles. The predicted octanol–water partition coefficient (Wildman–Crippen LogP) is 4.59. The molecule has 0 fully saturated rings. The highest BCUT2D eigenvalue weighted by Crippen LogP contribution is 2.45. The maximum Gasteiger partial charge on any atom is 0.273 e. The van der Waals surface area contributed by atoms with Crippen molar-refractivity contribution in [2.45, 2.75) is 39.3 Å². The minimum atomic E-state index is -0.642. The average molecular weight is 423 g/mol. The van der Waals surface area contributed by atoms with Gasteiger partial charge in [0.2, 0.25) is 0 Å². The van der Waals surface area contributed by atoms with Crippen LogP contribution in [-0.4, -0.2) is 45.4 Å². The van der Waals surface area contributed by atoms with E-state index < -0.39 is 11.9 Å². The average Bonchev–Trinajstić information content (AvgIpc) is 3.27. The third kappa shape index (κ3) is 3.93. The molecule has 0 radical (unpaired) electrons. The molecule has 1 aliphatic rings. The lowest BCUT2D eigenvalue weighted by molar-refractivity contribution is 0.0599. The van der Waals surface area contributed by atoms with Gasteiger partial charge in [-0.1, -0.05) is 29.8 Å². The Hall–Kier alpha value is -3.19. The van der Waals surface area contributed by atoms with Gasteiger partial charge in [-0.3, -0.25) is 9.89 Å². The zero-order chi connectivity index (χ0) is 22.1. The normalized spacial score (nSPS) is 15.7. The summed E-state index contributed by atoms with van der Waals surface area (Å²) in [7, 11) is 0. The lowest BCUT2D eigenvalue weighted by atomic mass is 9.94. The van der Waals surface area contributed by atoms with E-state index in [9.17, 15) is 14.3 Å². The maximum atomic E-state index is 14.9. The standard InChI is InChI=1S/C24H26FN3O3/c1-14(2)31-12-6-11-28-23(16-7-4-5-8-18(16)25)20-21(26-27-22(20)24(28)30)17-13-15(3)9-10-19(17)29/h4-5,7-10,13-14,23,29H,6,11-12H2,1-3H3,(H,26,27)/t23-/m0/s1. The number of aromatic nitrogens is 2. The van der Waals surface area contributed by atoms with E-state index >= 15 is 0 Å². The Morgan fingerprint density at radius 1 is 1.26 bits per heavy atom. The van der Waals surface area contributed by atoms with Crippen molar-refractivity contribution in [2.75, 3.05) is 13.2 Å². The van der Waals surface area contributed by atoms with Crippen molar-refractivity contribution in [3.63, 3.8) is 0 Å². The number of H-pyrrole nitrogens is 1. The number of aromatic hydroxyl groups is 1. The number of nitrogens with one attached hydrogen (secondary N) is 1. The number of phenols is 1. The Bertz CT molecular complexity index is 1110. The highest BCUT2D eigenvalue weighted by atomic mass is 19.1. The molecule has 0 spiro atoms. The summed E-state index contributed by atoms with van der Waals surface area (Å²) in [6, 6.07) is 11.0. The molecule has 1 atom stereocenters. The van der Waals surface area contributed by atoms with Crippen LogP contribution in [0.5, 0.6) is 5.75 Å². The molecule has 6 nitrogen and oxygen atoms in total. The van der Waals surface area contributed by atoms with E-state index in [1.165, 1.54) is 6.07 Å². The number of rotatable bonds is 7. The van der Waals surface area contributed by atoms with Crippen molar-refractivity contribution >= 4 is 5.91 Å². The Balaban J connectivity index is 1.79. The Labute approximate surface area is 180 Å². The van der Waals surface area contributed by atoms with E-state index in [-0.39, 0.29) is 17.8 Å². The molecule has 1 aliphatic heterocycles. The van der Waals surface area contributed by atoms with Gasteiger partial charge in [0.05, 0.1) is 12.1 Å². The molecule has 2 aromatic carbocycles. The number of hydrogen-bond donors (Lipinski definition) is 2. The summed E-state index contributed by atoms with van der Waals surface area (Å²) in [5, 5.41) is 17.6. The first-order chi connectivity index (χ1) is 14.9. The first kappa shape index (κ1) is 21.1. The second-order valence-electron chi connectivity index (χ2n) is 8.08. The minimum Gasteiger partial charge on any atom is -0.507 e. The molecule has 0 saturated heterocycles. The van der Waals surface area contributed by atoms with E-state index in [1.54, 1.807) is 35.2 Å². The summed E-state index contributed by atoms with van der Waals surface area (Å²) >= 11 is 0. The number of ether oxygens (including phenoxy) is 1. The third-order valence-electron chi connectivity index (χ3n) is 5.47. The summed E-state index contributed by atoms with van der Waals surface area (Å²) < 4.78 is 20.5. The van der Waals surface area contributed by atoms with Crippen LogP contribution in [0.3, 0.4) is 0 Å². The zero-order valence-electron chi connectivity index (χ0n) is 17.9. The second-order valence-corrected chi connectivity index (χ2v) is 8.08. The fourth-order valence-corrected chi connectivity index (χ4v) is 4.05. The van der Waals surface area contributed by atoms with Gasteiger partial charge in [-0.25, -0.2) is 4.39 Å². The second kappa shape index (κ2) is 8.51.